The molecule has 16 nitrogen and oxygen atoms in total. The Morgan fingerprint density at radius 3 is 0.839 bits per heavy atom. The molecule has 10 saturated heterocycles. The lowest BCUT2D eigenvalue weighted by Gasteiger charge is -2.64. The Morgan fingerprint density at radius 1 is 0.280 bits per heavy atom. The first-order valence-electron chi connectivity index (χ1n) is 32.9. The quantitative estimate of drug-likeness (QED) is 0.0818. The van der Waals surface area contributed by atoms with E-state index in [0.717, 1.165) is 51.4 Å². The molecule has 0 N–H and O–H groups in total. The van der Waals surface area contributed by atoms with E-state index in [9.17, 15) is 0 Å². The second kappa shape index (κ2) is 22.7. The topological polar surface area (TPSA) is 154 Å². The van der Waals surface area contributed by atoms with Crippen molar-refractivity contribution in [1.82, 2.24) is 0 Å². The maximum Gasteiger partial charge on any atom is 0.524 e. The molecule has 476 valence electrons. The van der Waals surface area contributed by atoms with Crippen molar-refractivity contribution in [2.45, 2.75) is 106 Å². The van der Waals surface area contributed by atoms with Gasteiger partial charge >= 0.3 is 87.1 Å². The highest BCUT2D eigenvalue weighted by molar-refractivity contribution is 7.18. The van der Waals surface area contributed by atoms with E-state index >= 15 is 0 Å². The maximum absolute atomic E-state index is 9.15. The Bertz CT molecular complexity index is 4050. The second-order valence-electron chi connectivity index (χ2n) is 26.7. The van der Waals surface area contributed by atoms with Crippen LogP contribution in [-0.4, -0.2) is 117 Å². The number of fused-ring (bicyclic) bond motifs is 6. The van der Waals surface area contributed by atoms with Crippen molar-refractivity contribution in [2.24, 2.45) is 11.8 Å². The van der Waals surface area contributed by atoms with Gasteiger partial charge in [0.1, 0.15) is 0 Å². The highest BCUT2D eigenvalue weighted by Crippen LogP contribution is 2.58. The summed E-state index contributed by atoms with van der Waals surface area (Å²) in [5, 5.41) is 2.52. The summed E-state index contributed by atoms with van der Waals surface area (Å²) in [6, 6.07) is 81.7. The second-order valence-corrected chi connectivity index (χ2v) is 58.0. The Balaban J connectivity index is 1.05. The summed E-state index contributed by atoms with van der Waals surface area (Å²) in [5.41, 5.74) is 0. The van der Waals surface area contributed by atoms with Crippen LogP contribution in [0, 0.1) is 11.8 Å². The van der Waals surface area contributed by atoms with Crippen molar-refractivity contribution in [1.29, 1.82) is 0 Å². The summed E-state index contributed by atoms with van der Waals surface area (Å²) < 4.78 is 136. The molecule has 17 atom stereocenters. The van der Waals surface area contributed by atoms with E-state index in [1.54, 1.807) is 0 Å². The lowest BCUT2D eigenvalue weighted by atomic mass is 9.88. The van der Waals surface area contributed by atoms with Gasteiger partial charge < -0.3 is 67.7 Å². The zero-order chi connectivity index (χ0) is 62.3. The van der Waals surface area contributed by atoms with Crippen molar-refractivity contribution < 1.29 is 67.7 Å². The van der Waals surface area contributed by atoms with Gasteiger partial charge in [-0.2, -0.15) is 0 Å². The monoisotopic (exact) mass is 1410 g/mol. The number of rotatable bonds is 14. The summed E-state index contributed by atoms with van der Waals surface area (Å²) in [6.45, 7) is 4.29. The largest absolute Gasteiger partial charge is 0.524 e. The predicted molar refractivity (Wildman–Crippen MR) is 367 cm³/mol. The predicted octanol–water partition coefficient (Wildman–Crippen LogP) is 6.91. The van der Waals surface area contributed by atoms with Crippen LogP contribution in [0.4, 0.5) is 0 Å². The van der Waals surface area contributed by atoms with Gasteiger partial charge in [0.05, 0.1) is 24.4 Å². The van der Waals surface area contributed by atoms with E-state index in [0.29, 0.717) is 77.6 Å². The Labute approximate surface area is 553 Å². The van der Waals surface area contributed by atoms with E-state index in [2.05, 4.69) is 37.4 Å². The number of epoxide rings is 2. The van der Waals surface area contributed by atoms with Gasteiger partial charge in [0.25, 0.3) is 0 Å². The Hall–Kier alpha value is -4.71. The number of hydrogen-bond donors (Lipinski definition) is 0. The van der Waals surface area contributed by atoms with Crippen molar-refractivity contribution in [3.8, 4) is 0 Å². The van der Waals surface area contributed by atoms with Gasteiger partial charge in [-0.15, -0.1) is 0 Å². The van der Waals surface area contributed by atoms with Gasteiger partial charge in [-0.1, -0.05) is 243 Å². The first-order valence-corrected chi connectivity index (χ1v) is 51.9. The summed E-state index contributed by atoms with van der Waals surface area (Å²) in [4.78, 5) is 0. The molecule has 2 saturated carbocycles. The van der Waals surface area contributed by atoms with Crippen LogP contribution < -0.4 is 41.5 Å². The number of hydrogen-bond acceptors (Lipinski definition) is 16. The molecular formula is C67H72O16Si10. The fourth-order valence-electron chi connectivity index (χ4n) is 15.7. The van der Waals surface area contributed by atoms with E-state index in [1.165, 1.54) is 0 Å². The van der Waals surface area contributed by atoms with E-state index in [1.807, 2.05) is 218 Å². The average Bonchev–Trinajstić information content (AvgIpc) is 1.57. The third-order valence-electron chi connectivity index (χ3n) is 20.3. The average molecular weight is 1410 g/mol. The normalized spacial score (nSPS) is 40.9. The van der Waals surface area contributed by atoms with Gasteiger partial charge in [0.2, 0.25) is 5.03 Å². The first kappa shape index (κ1) is 60.7. The number of ether oxygens (including phenoxy) is 2. The number of benzene rings is 8. The van der Waals surface area contributed by atoms with E-state index in [4.69, 9.17) is 67.7 Å². The molecule has 26 heteroatoms. The SMILES string of the molecule is C[Si]1(CCC2CCC3OC3C2)O[Si]2(c3ccccc3)OC34O[Si](c5ccccc5)(O2)O[Si]2(c5ccccc5)O[Si](C)(CCC5CCC6OC6C5)O[Si]5(c6ccccc6)O[Si](c6ccccc6)(O[Si](c6ccccc6)(O1)O[Si]3(c1ccccc1)O5)O[Si]4(c1ccccc1)O2. The van der Waals surface area contributed by atoms with Crippen LogP contribution in [0.15, 0.2) is 243 Å². The molecule has 93 heavy (non-hydrogen) atoms. The molecule has 2 aliphatic carbocycles. The molecule has 0 aromatic heterocycles. The molecule has 12 fully saturated rings. The van der Waals surface area contributed by atoms with Crippen molar-refractivity contribution in [2.75, 3.05) is 0 Å². The molecule has 0 amide bonds. The van der Waals surface area contributed by atoms with Crippen molar-refractivity contribution >= 4 is 129 Å². The summed E-state index contributed by atoms with van der Waals surface area (Å²) >= 11 is 0. The van der Waals surface area contributed by atoms with Crippen LogP contribution in [-0.2, 0) is 67.7 Å². The summed E-state index contributed by atoms with van der Waals surface area (Å²) in [5.74, 6) is 0.617. The lowest BCUT2D eigenvalue weighted by molar-refractivity contribution is -0.121. The first-order chi connectivity index (χ1) is 45.3. The molecule has 9 bridgehead atoms. The van der Waals surface area contributed by atoms with Gasteiger partial charge in [0.15, 0.2) is 0 Å². The third kappa shape index (κ3) is 10.1. The summed E-state index contributed by atoms with van der Waals surface area (Å²) in [6.07, 6.45) is 8.48. The molecular weight excluding hydrogens is 1340 g/mol. The molecule has 17 unspecified atom stereocenters. The molecule has 1 spiro atoms. The fraction of sp³-hybridized carbons (Fsp3) is 0.284. The van der Waals surface area contributed by atoms with Crippen LogP contribution in [0.2, 0.25) is 25.2 Å². The van der Waals surface area contributed by atoms with Crippen LogP contribution in [0.1, 0.15) is 51.4 Å². The standard InChI is InChI=1S/C67H72O16Si10/c1-84(49-47-53-43-45-63-65(51-53)68-63)72-88(57-31-15-5-16-32-57)70-67-71-89(80-88,58-33-17-6-18-34-58)81-90(59-35-19-7-20-36-59)74-85(2,50-48-54-44-46-64-66(52-54)69-64)75-92(61-39-23-9-24-40-61)78-86(67,55-27-11-3-12-28-55)77-91(73-84,60-37-21-8-22-38-60)82-93(83-92,62-41-25-10-26-42-62)79-87(67,76-90)56-29-13-4-14-30-56/h3-42,53-54,63-66H,43-52H2,1-2H3. The highest BCUT2D eigenvalue weighted by Gasteiger charge is 2.95. The van der Waals surface area contributed by atoms with Gasteiger partial charge in [-0.3, -0.25) is 0 Å². The zero-order valence-corrected chi connectivity index (χ0v) is 61.7. The zero-order valence-electron chi connectivity index (χ0n) is 51.7. The summed E-state index contributed by atoms with van der Waals surface area (Å²) in [7, 11) is -49.0. The van der Waals surface area contributed by atoms with Crippen LogP contribution >= 0.6 is 0 Å². The fourth-order valence-corrected chi connectivity index (χ4v) is 77.0. The molecule has 12 aliphatic rings. The Morgan fingerprint density at radius 2 is 0.527 bits per heavy atom. The smallest absolute Gasteiger partial charge is 0.391 e. The highest BCUT2D eigenvalue weighted by atomic mass is 28.6. The van der Waals surface area contributed by atoms with Crippen LogP contribution in [0.25, 0.3) is 0 Å². The molecule has 0 radical (unpaired) electrons. The minimum absolute atomic E-state index is 0.236. The van der Waals surface area contributed by atoms with Crippen molar-refractivity contribution in [3.05, 3.63) is 243 Å². The van der Waals surface area contributed by atoms with E-state index in [-0.39, 0.29) is 12.2 Å². The molecule has 8 aromatic carbocycles. The van der Waals surface area contributed by atoms with Crippen LogP contribution in [0.3, 0.4) is 0 Å². The molecule has 20 rings (SSSR count). The molecule has 8 aromatic rings. The maximum atomic E-state index is 9.15. The Kier molecular flexibility index (Phi) is 14.8. The minimum Gasteiger partial charge on any atom is -0.391 e. The van der Waals surface area contributed by atoms with Gasteiger partial charge in [-0.05, 0) is 98.8 Å². The lowest BCUT2D eigenvalue weighted by Crippen LogP contribution is -3.00. The molecule has 10 aliphatic heterocycles. The van der Waals surface area contributed by atoms with Crippen LogP contribution in [0.5, 0.6) is 0 Å². The van der Waals surface area contributed by atoms with Gasteiger partial charge in [-0.25, -0.2) is 0 Å². The third-order valence-corrected chi connectivity index (χ3v) is 65.9. The minimum atomic E-state index is -5.42. The van der Waals surface area contributed by atoms with E-state index < -0.39 is 92.1 Å². The van der Waals surface area contributed by atoms with Crippen molar-refractivity contribution in [3.63, 3.8) is 0 Å². The van der Waals surface area contributed by atoms with Gasteiger partial charge in [0, 0.05) is 31.1 Å². The molecule has 10 heterocycles.